The largest absolute Gasteiger partial charge is 0.486 e. The van der Waals surface area contributed by atoms with Crippen molar-refractivity contribution in [2.24, 2.45) is 5.92 Å². The van der Waals surface area contributed by atoms with Gasteiger partial charge in [0.25, 0.3) is 0 Å². The zero-order valence-corrected chi connectivity index (χ0v) is 18.9. The molecule has 0 saturated carbocycles. The van der Waals surface area contributed by atoms with Gasteiger partial charge in [0, 0.05) is 45.3 Å². The van der Waals surface area contributed by atoms with Crippen molar-refractivity contribution in [3.63, 3.8) is 0 Å². The minimum Gasteiger partial charge on any atom is -0.486 e. The minimum atomic E-state index is -0.145. The van der Waals surface area contributed by atoms with Crippen molar-refractivity contribution in [1.82, 2.24) is 14.7 Å². The molecule has 5 rings (SSSR count). The fourth-order valence-corrected chi connectivity index (χ4v) is 4.82. The van der Waals surface area contributed by atoms with Crippen molar-refractivity contribution < 1.29 is 18.7 Å². The van der Waals surface area contributed by atoms with Crippen molar-refractivity contribution >= 4 is 6.03 Å². The van der Waals surface area contributed by atoms with Gasteiger partial charge in [0.15, 0.2) is 0 Å². The maximum absolute atomic E-state index is 12.6. The molecule has 8 heteroatoms. The molecule has 0 unspecified atom stereocenters. The molecule has 8 nitrogen and oxygen atoms in total. The summed E-state index contributed by atoms with van der Waals surface area (Å²) in [4.78, 5) is 31.2. The third kappa shape index (κ3) is 5.23. The predicted molar refractivity (Wildman–Crippen MR) is 122 cm³/mol. The van der Waals surface area contributed by atoms with Gasteiger partial charge in [-0.05, 0) is 29.9 Å². The Labute approximate surface area is 193 Å². The first-order valence-electron chi connectivity index (χ1n) is 11.8. The number of hydrogen-bond acceptors (Lipinski definition) is 6. The van der Waals surface area contributed by atoms with Crippen LogP contribution in [0.1, 0.15) is 29.7 Å². The van der Waals surface area contributed by atoms with E-state index in [9.17, 15) is 9.59 Å². The van der Waals surface area contributed by atoms with Crippen LogP contribution in [-0.4, -0.2) is 66.7 Å². The van der Waals surface area contributed by atoms with Crippen molar-refractivity contribution in [3.05, 3.63) is 63.7 Å². The average molecular weight is 454 g/mol. The van der Waals surface area contributed by atoms with Gasteiger partial charge in [0.1, 0.15) is 12.0 Å². The number of nitrogens with zero attached hydrogens (tertiary/aromatic N) is 3. The van der Waals surface area contributed by atoms with E-state index < -0.39 is 0 Å². The monoisotopic (exact) mass is 453 g/mol. The van der Waals surface area contributed by atoms with Gasteiger partial charge in [-0.1, -0.05) is 24.3 Å². The number of piperidine rings is 1. The molecule has 1 aromatic carbocycles. The molecule has 1 aromatic heterocycles. The molecule has 0 aliphatic carbocycles. The molecule has 33 heavy (non-hydrogen) atoms. The van der Waals surface area contributed by atoms with Gasteiger partial charge in [-0.25, -0.2) is 4.79 Å². The molecular formula is C25H31N3O5. The van der Waals surface area contributed by atoms with Gasteiger partial charge < -0.3 is 23.7 Å². The number of hydrogen-bond donors (Lipinski definition) is 0. The van der Waals surface area contributed by atoms with E-state index in [0.717, 1.165) is 39.0 Å². The number of rotatable bonds is 5. The lowest BCUT2D eigenvalue weighted by Gasteiger charge is -2.36. The average Bonchev–Trinajstić information content (AvgIpc) is 3.26. The quantitative estimate of drug-likeness (QED) is 0.693. The van der Waals surface area contributed by atoms with E-state index in [0.29, 0.717) is 51.1 Å². The molecule has 0 bridgehead atoms. The Balaban J connectivity index is 1.08. The van der Waals surface area contributed by atoms with Gasteiger partial charge in [0.2, 0.25) is 11.2 Å². The number of urea groups is 1. The first-order valence-corrected chi connectivity index (χ1v) is 11.8. The van der Waals surface area contributed by atoms with Crippen LogP contribution in [0.4, 0.5) is 4.79 Å². The summed E-state index contributed by atoms with van der Waals surface area (Å²) in [6, 6.07) is 10.1. The fraction of sp³-hybridized carbons (Fsp3) is 0.520. The molecule has 2 fully saturated rings. The predicted octanol–water partition coefficient (Wildman–Crippen LogP) is 2.70. The zero-order chi connectivity index (χ0) is 22.6. The molecule has 3 aliphatic rings. The lowest BCUT2D eigenvalue weighted by molar-refractivity contribution is 0.0388. The topological polar surface area (TPSA) is 75.5 Å². The first kappa shape index (κ1) is 22.0. The number of ether oxygens (including phenoxy) is 2. The normalized spacial score (nSPS) is 19.5. The number of carbonyl (C=O) groups excluding carboxylic acids is 1. The van der Waals surface area contributed by atoms with Crippen LogP contribution in [0.25, 0.3) is 0 Å². The third-order valence-electron chi connectivity index (χ3n) is 6.78. The van der Waals surface area contributed by atoms with Crippen molar-refractivity contribution in [2.75, 3.05) is 46.0 Å². The summed E-state index contributed by atoms with van der Waals surface area (Å²) in [6.07, 6.45) is 3.18. The maximum atomic E-state index is 12.6. The number of amides is 2. The van der Waals surface area contributed by atoms with Crippen LogP contribution in [0.5, 0.6) is 5.75 Å². The van der Waals surface area contributed by atoms with E-state index in [4.69, 9.17) is 13.9 Å². The summed E-state index contributed by atoms with van der Waals surface area (Å²) in [5, 5.41) is 0. The van der Waals surface area contributed by atoms with Gasteiger partial charge in [-0.3, -0.25) is 9.69 Å². The van der Waals surface area contributed by atoms with Gasteiger partial charge >= 0.3 is 6.03 Å². The van der Waals surface area contributed by atoms with Crippen molar-refractivity contribution in [3.8, 4) is 5.75 Å². The minimum absolute atomic E-state index is 0.106. The number of morpholine rings is 1. The van der Waals surface area contributed by atoms with E-state index in [1.54, 1.807) is 6.07 Å². The molecule has 2 amide bonds. The Morgan fingerprint density at radius 3 is 2.33 bits per heavy atom. The van der Waals surface area contributed by atoms with E-state index in [1.807, 2.05) is 9.80 Å². The van der Waals surface area contributed by atoms with E-state index >= 15 is 0 Å². The molecule has 3 aliphatic heterocycles. The van der Waals surface area contributed by atoms with Gasteiger partial charge in [-0.15, -0.1) is 0 Å². The summed E-state index contributed by atoms with van der Waals surface area (Å²) in [6.45, 7) is 6.79. The molecule has 0 N–H and O–H groups in total. The Morgan fingerprint density at radius 1 is 1.00 bits per heavy atom. The molecule has 0 radical (unpaired) electrons. The number of likely N-dealkylation sites (tertiary alicyclic amines) is 1. The molecule has 0 atom stereocenters. The van der Waals surface area contributed by atoms with E-state index in [-0.39, 0.29) is 17.2 Å². The van der Waals surface area contributed by atoms with Gasteiger partial charge in [-0.2, -0.15) is 0 Å². The highest BCUT2D eigenvalue weighted by atomic mass is 16.5. The lowest BCUT2D eigenvalue weighted by atomic mass is 9.98. The second-order valence-corrected chi connectivity index (χ2v) is 9.11. The molecule has 2 aromatic rings. The van der Waals surface area contributed by atoms with Crippen molar-refractivity contribution in [1.29, 1.82) is 0 Å². The first-order chi connectivity index (χ1) is 16.2. The molecule has 4 heterocycles. The fourth-order valence-electron chi connectivity index (χ4n) is 4.82. The van der Waals surface area contributed by atoms with Crippen LogP contribution >= 0.6 is 0 Å². The highest BCUT2D eigenvalue weighted by Gasteiger charge is 2.27. The number of carbonyl (C=O) groups is 1. The van der Waals surface area contributed by atoms with Crippen LogP contribution < -0.4 is 10.2 Å². The van der Waals surface area contributed by atoms with E-state index in [2.05, 4.69) is 29.2 Å². The van der Waals surface area contributed by atoms with Gasteiger partial charge in [0.05, 0.1) is 26.4 Å². The lowest BCUT2D eigenvalue weighted by Crippen LogP contribution is -2.50. The Morgan fingerprint density at radius 2 is 1.67 bits per heavy atom. The Hall–Kier alpha value is -2.84. The van der Waals surface area contributed by atoms with Crippen LogP contribution in [0.3, 0.4) is 0 Å². The van der Waals surface area contributed by atoms with Crippen LogP contribution in [0.15, 0.2) is 45.8 Å². The highest BCUT2D eigenvalue weighted by Crippen LogP contribution is 2.24. The third-order valence-corrected chi connectivity index (χ3v) is 6.78. The molecular weight excluding hydrogens is 422 g/mol. The highest BCUT2D eigenvalue weighted by molar-refractivity contribution is 5.74. The second-order valence-electron chi connectivity index (χ2n) is 9.11. The summed E-state index contributed by atoms with van der Waals surface area (Å²) < 4.78 is 16.9. The van der Waals surface area contributed by atoms with Crippen LogP contribution in [-0.2, 0) is 24.4 Å². The summed E-state index contributed by atoms with van der Waals surface area (Å²) in [5.41, 5.74) is 2.52. The Kier molecular flexibility index (Phi) is 6.64. The number of benzene rings is 1. The SMILES string of the molecule is O=C(N1CCOCC1)N1CCC(COc2coc(CN3Cc4ccccc4C3)cc2=O)CC1. The smallest absolute Gasteiger partial charge is 0.320 e. The maximum Gasteiger partial charge on any atom is 0.320 e. The summed E-state index contributed by atoms with van der Waals surface area (Å²) in [5.74, 6) is 1.23. The Bertz CT molecular complexity index is 1000. The zero-order valence-electron chi connectivity index (χ0n) is 18.9. The number of fused-ring (bicyclic) bond motifs is 1. The van der Waals surface area contributed by atoms with Crippen LogP contribution in [0, 0.1) is 5.92 Å². The second kappa shape index (κ2) is 9.97. The van der Waals surface area contributed by atoms with Crippen LogP contribution in [0.2, 0.25) is 0 Å². The molecule has 2 saturated heterocycles. The molecule has 176 valence electrons. The molecule has 0 spiro atoms. The van der Waals surface area contributed by atoms with Crippen molar-refractivity contribution in [2.45, 2.75) is 32.5 Å². The van der Waals surface area contributed by atoms with E-state index in [1.165, 1.54) is 17.4 Å². The summed E-state index contributed by atoms with van der Waals surface area (Å²) >= 11 is 0. The standard InChI is InChI=1S/C25H31N3O5/c29-23-13-22(16-26-14-20-3-1-2-4-21(20)15-26)32-18-24(23)33-17-19-5-7-27(8-6-19)25(30)28-9-11-31-12-10-28/h1-4,13,18-19H,5-12,14-17H2. The summed E-state index contributed by atoms with van der Waals surface area (Å²) in [7, 11) is 0.